The van der Waals surface area contributed by atoms with Crippen LogP contribution in [0.3, 0.4) is 0 Å². The average molecular weight is 355 g/mol. The van der Waals surface area contributed by atoms with Crippen LogP contribution >= 0.6 is 0 Å². The van der Waals surface area contributed by atoms with E-state index in [1.54, 1.807) is 24.5 Å². The third-order valence-electron chi connectivity index (χ3n) is 5.33. The van der Waals surface area contributed by atoms with E-state index < -0.39 is 0 Å². The topological polar surface area (TPSA) is 102 Å². The molecule has 2 N–H and O–H groups in total. The predicted octanol–water partition coefficient (Wildman–Crippen LogP) is 0.546. The number of rotatable bonds is 4. The third kappa shape index (κ3) is 3.02. The summed E-state index contributed by atoms with van der Waals surface area (Å²) < 4.78 is 0. The summed E-state index contributed by atoms with van der Waals surface area (Å²) >= 11 is 0. The normalized spacial score (nSPS) is 21.8. The highest BCUT2D eigenvalue weighted by atomic mass is 16.2. The molecule has 0 unspecified atom stereocenters. The van der Waals surface area contributed by atoms with E-state index in [1.807, 2.05) is 9.80 Å². The lowest BCUT2D eigenvalue weighted by molar-refractivity contribution is -0.132. The van der Waals surface area contributed by atoms with Gasteiger partial charge in [-0.3, -0.25) is 14.4 Å². The molecule has 0 aliphatic carbocycles. The van der Waals surface area contributed by atoms with Crippen molar-refractivity contribution in [1.82, 2.24) is 25.0 Å². The number of likely N-dealkylation sites (tertiary alicyclic amines) is 2. The van der Waals surface area contributed by atoms with Crippen LogP contribution in [0.15, 0.2) is 35.4 Å². The van der Waals surface area contributed by atoms with Gasteiger partial charge in [-0.15, -0.1) is 0 Å². The molecule has 8 heteroatoms. The molecule has 2 atom stereocenters. The van der Waals surface area contributed by atoms with Crippen LogP contribution in [0.1, 0.15) is 35.3 Å². The summed E-state index contributed by atoms with van der Waals surface area (Å²) in [6, 6.07) is 5.05. The van der Waals surface area contributed by atoms with E-state index in [0.717, 1.165) is 12.8 Å². The van der Waals surface area contributed by atoms with Gasteiger partial charge in [0.15, 0.2) is 0 Å². The Morgan fingerprint density at radius 3 is 2.58 bits per heavy atom. The van der Waals surface area contributed by atoms with Crippen molar-refractivity contribution in [2.24, 2.45) is 0 Å². The zero-order chi connectivity index (χ0) is 18.1. The Balaban J connectivity index is 1.37. The standard InChI is InChI=1S/C18H21N5O3/c24-16-3-1-13(20-21-16)2-4-17(25)22-9-6-15-14(22)7-10-23(15)18(26)12-5-8-19-11-12/h1,3,5,8,11,14-15,19H,2,4,6-7,9-10H2,(H,21,24)/t14-,15-/m0/s1. The molecule has 2 amide bonds. The largest absolute Gasteiger partial charge is 0.367 e. The predicted molar refractivity (Wildman–Crippen MR) is 93.5 cm³/mol. The van der Waals surface area contributed by atoms with Gasteiger partial charge < -0.3 is 14.8 Å². The number of hydrogen-bond acceptors (Lipinski definition) is 4. The number of aromatic amines is 2. The second-order valence-electron chi connectivity index (χ2n) is 6.81. The Bertz CT molecular complexity index is 839. The molecule has 0 bridgehead atoms. The van der Waals surface area contributed by atoms with Crippen LogP contribution in [-0.2, 0) is 11.2 Å². The van der Waals surface area contributed by atoms with Crippen molar-refractivity contribution in [3.8, 4) is 0 Å². The van der Waals surface area contributed by atoms with E-state index in [1.165, 1.54) is 6.07 Å². The van der Waals surface area contributed by atoms with Crippen molar-refractivity contribution in [3.63, 3.8) is 0 Å². The monoisotopic (exact) mass is 355 g/mol. The molecule has 26 heavy (non-hydrogen) atoms. The SMILES string of the molecule is O=C(CCc1ccc(=O)[nH]n1)N1CC[C@H]2[C@@H]1CCN2C(=O)c1cc[nH]c1. The second kappa shape index (κ2) is 6.78. The first-order valence-corrected chi connectivity index (χ1v) is 8.91. The van der Waals surface area contributed by atoms with Crippen molar-refractivity contribution in [1.29, 1.82) is 0 Å². The molecule has 2 aromatic rings. The minimum atomic E-state index is -0.249. The van der Waals surface area contributed by atoms with E-state index in [9.17, 15) is 14.4 Å². The van der Waals surface area contributed by atoms with Crippen LogP contribution in [0, 0.1) is 0 Å². The summed E-state index contributed by atoms with van der Waals surface area (Å²) in [5, 5.41) is 6.33. The van der Waals surface area contributed by atoms with Crippen molar-refractivity contribution < 1.29 is 9.59 Å². The molecular formula is C18H21N5O3. The maximum absolute atomic E-state index is 12.7. The fraction of sp³-hybridized carbons (Fsp3) is 0.444. The molecular weight excluding hydrogens is 334 g/mol. The molecule has 2 aliphatic rings. The molecule has 4 rings (SSSR count). The van der Waals surface area contributed by atoms with Gasteiger partial charge in [0, 0.05) is 44.4 Å². The van der Waals surface area contributed by atoms with E-state index >= 15 is 0 Å². The molecule has 2 fully saturated rings. The van der Waals surface area contributed by atoms with E-state index in [-0.39, 0.29) is 29.5 Å². The lowest BCUT2D eigenvalue weighted by Gasteiger charge is -2.25. The van der Waals surface area contributed by atoms with E-state index in [2.05, 4.69) is 15.2 Å². The zero-order valence-corrected chi connectivity index (χ0v) is 14.4. The van der Waals surface area contributed by atoms with Gasteiger partial charge in [-0.2, -0.15) is 5.10 Å². The zero-order valence-electron chi connectivity index (χ0n) is 14.4. The maximum atomic E-state index is 12.7. The Hall–Kier alpha value is -2.90. The van der Waals surface area contributed by atoms with Gasteiger partial charge in [0.05, 0.1) is 23.3 Å². The first-order chi connectivity index (χ1) is 12.6. The minimum absolute atomic E-state index is 0.0329. The first-order valence-electron chi connectivity index (χ1n) is 8.91. The Kier molecular flexibility index (Phi) is 4.32. The van der Waals surface area contributed by atoms with Gasteiger partial charge >= 0.3 is 0 Å². The number of nitrogens with one attached hydrogen (secondary N) is 2. The molecule has 136 valence electrons. The van der Waals surface area contributed by atoms with Crippen LogP contribution in [-0.4, -0.2) is 62.0 Å². The lowest BCUT2D eigenvalue weighted by atomic mass is 10.1. The van der Waals surface area contributed by atoms with E-state index in [0.29, 0.717) is 37.2 Å². The number of carbonyl (C=O) groups is 2. The van der Waals surface area contributed by atoms with Crippen LogP contribution in [0.25, 0.3) is 0 Å². The first kappa shape index (κ1) is 16.6. The Morgan fingerprint density at radius 1 is 1.12 bits per heavy atom. The van der Waals surface area contributed by atoms with Gasteiger partial charge in [0.1, 0.15) is 0 Å². The summed E-state index contributed by atoms with van der Waals surface area (Å²) in [6.45, 7) is 1.37. The fourth-order valence-corrected chi connectivity index (χ4v) is 4.06. The van der Waals surface area contributed by atoms with E-state index in [4.69, 9.17) is 0 Å². The van der Waals surface area contributed by atoms with Crippen molar-refractivity contribution >= 4 is 11.8 Å². The molecule has 0 spiro atoms. The number of fused-ring (bicyclic) bond motifs is 1. The highest BCUT2D eigenvalue weighted by Gasteiger charge is 2.45. The molecule has 4 heterocycles. The molecule has 0 radical (unpaired) electrons. The van der Waals surface area contributed by atoms with Gasteiger partial charge in [0.2, 0.25) is 5.91 Å². The van der Waals surface area contributed by atoms with Gasteiger partial charge in [-0.25, -0.2) is 5.10 Å². The number of H-pyrrole nitrogens is 2. The molecule has 8 nitrogen and oxygen atoms in total. The van der Waals surface area contributed by atoms with Crippen molar-refractivity contribution in [2.75, 3.05) is 13.1 Å². The Morgan fingerprint density at radius 2 is 1.88 bits per heavy atom. The summed E-state index contributed by atoms with van der Waals surface area (Å²) in [6.07, 6.45) is 5.96. The molecule has 2 saturated heterocycles. The number of amides is 2. The van der Waals surface area contributed by atoms with Crippen molar-refractivity contribution in [2.45, 2.75) is 37.8 Å². The highest BCUT2D eigenvalue weighted by Crippen LogP contribution is 2.33. The summed E-state index contributed by atoms with van der Waals surface area (Å²) in [5.41, 5.74) is 1.12. The molecule has 2 aliphatic heterocycles. The number of aryl methyl sites for hydroxylation is 1. The molecule has 0 saturated carbocycles. The van der Waals surface area contributed by atoms with Crippen LogP contribution < -0.4 is 5.56 Å². The molecule has 2 aromatic heterocycles. The van der Waals surface area contributed by atoms with Crippen LogP contribution in [0.4, 0.5) is 0 Å². The number of aromatic nitrogens is 3. The summed E-state index contributed by atoms with van der Waals surface area (Å²) in [7, 11) is 0. The van der Waals surface area contributed by atoms with Crippen LogP contribution in [0.5, 0.6) is 0 Å². The van der Waals surface area contributed by atoms with Crippen LogP contribution in [0.2, 0.25) is 0 Å². The van der Waals surface area contributed by atoms with Gasteiger partial charge in [-0.1, -0.05) is 0 Å². The highest BCUT2D eigenvalue weighted by molar-refractivity contribution is 5.94. The minimum Gasteiger partial charge on any atom is -0.367 e. The number of hydrogen-bond donors (Lipinski definition) is 2. The maximum Gasteiger partial charge on any atom is 0.264 e. The Labute approximate surface area is 150 Å². The quantitative estimate of drug-likeness (QED) is 0.836. The lowest BCUT2D eigenvalue weighted by Crippen LogP contribution is -2.41. The molecule has 0 aromatic carbocycles. The summed E-state index contributed by atoms with van der Waals surface area (Å²) in [4.78, 5) is 43.1. The number of carbonyl (C=O) groups excluding carboxylic acids is 2. The average Bonchev–Trinajstić information content (AvgIpc) is 3.37. The third-order valence-corrected chi connectivity index (χ3v) is 5.33. The summed E-state index contributed by atoms with van der Waals surface area (Å²) in [5.74, 6) is 0.118. The fourth-order valence-electron chi connectivity index (χ4n) is 4.06. The van der Waals surface area contributed by atoms with Crippen molar-refractivity contribution in [3.05, 3.63) is 52.2 Å². The number of nitrogens with zero attached hydrogens (tertiary/aromatic N) is 3. The smallest absolute Gasteiger partial charge is 0.264 e. The van der Waals surface area contributed by atoms with Gasteiger partial charge in [-0.05, 0) is 25.0 Å². The second-order valence-corrected chi connectivity index (χ2v) is 6.81. The van der Waals surface area contributed by atoms with Gasteiger partial charge in [0.25, 0.3) is 11.5 Å².